The first-order valence-electron chi connectivity index (χ1n) is 11.2. The van der Waals surface area contributed by atoms with Gasteiger partial charge in [-0.05, 0) is 54.6 Å². The fourth-order valence-electron chi connectivity index (χ4n) is 3.38. The molecule has 0 unspecified atom stereocenters. The Hall–Kier alpha value is -3.85. The van der Waals surface area contributed by atoms with Crippen molar-refractivity contribution in [1.82, 2.24) is 10.3 Å². The van der Waals surface area contributed by atoms with Crippen LogP contribution in [-0.2, 0) is 16.0 Å². The van der Waals surface area contributed by atoms with Crippen molar-refractivity contribution in [2.24, 2.45) is 0 Å². The highest BCUT2D eigenvalue weighted by molar-refractivity contribution is 7.98. The Bertz CT molecular complexity index is 1140. The van der Waals surface area contributed by atoms with E-state index in [4.69, 9.17) is 0 Å². The number of carbonyl (C=O) groups excluding carboxylic acids is 2. The largest absolute Gasteiger partial charge is 0.480 e. The van der Waals surface area contributed by atoms with Crippen molar-refractivity contribution >= 4 is 41.1 Å². The fraction of sp³-hybridized carbons (Fsp3) is 0.231. The van der Waals surface area contributed by atoms with Crippen LogP contribution in [0.4, 0.5) is 11.5 Å². The van der Waals surface area contributed by atoms with Gasteiger partial charge in [-0.2, -0.15) is 0 Å². The lowest BCUT2D eigenvalue weighted by Gasteiger charge is -2.16. The van der Waals surface area contributed by atoms with Gasteiger partial charge in [-0.3, -0.25) is 9.59 Å². The van der Waals surface area contributed by atoms with Crippen LogP contribution in [0.15, 0.2) is 77.8 Å². The number of pyridine rings is 1. The van der Waals surface area contributed by atoms with Crippen molar-refractivity contribution in [3.63, 3.8) is 0 Å². The number of benzene rings is 2. The van der Waals surface area contributed by atoms with Gasteiger partial charge in [0.2, 0.25) is 5.91 Å². The van der Waals surface area contributed by atoms with Crippen LogP contribution in [0.5, 0.6) is 0 Å². The number of hydrogen-bond acceptors (Lipinski definition) is 6. The van der Waals surface area contributed by atoms with E-state index < -0.39 is 17.9 Å². The van der Waals surface area contributed by atoms with Gasteiger partial charge in [-0.25, -0.2) is 9.78 Å². The minimum atomic E-state index is -1.11. The number of carbonyl (C=O) groups is 3. The summed E-state index contributed by atoms with van der Waals surface area (Å²) >= 11 is 1.43. The number of aromatic nitrogens is 1. The Labute approximate surface area is 208 Å². The first-order valence-corrected chi connectivity index (χ1v) is 12.4. The van der Waals surface area contributed by atoms with Crippen molar-refractivity contribution in [3.8, 4) is 0 Å². The highest BCUT2D eigenvalue weighted by Gasteiger charge is 2.22. The van der Waals surface area contributed by atoms with Gasteiger partial charge < -0.3 is 21.1 Å². The van der Waals surface area contributed by atoms with E-state index >= 15 is 0 Å². The number of thioether (sulfide) groups is 1. The van der Waals surface area contributed by atoms with Gasteiger partial charge in [-0.1, -0.05) is 30.3 Å². The van der Waals surface area contributed by atoms with E-state index in [9.17, 15) is 19.5 Å². The summed E-state index contributed by atoms with van der Waals surface area (Å²) in [6, 6.07) is 18.5. The molecule has 0 fully saturated rings. The molecule has 182 valence electrons. The lowest BCUT2D eigenvalue weighted by molar-refractivity contribution is -0.139. The predicted octanol–water partition coefficient (Wildman–Crippen LogP) is 4.06. The summed E-state index contributed by atoms with van der Waals surface area (Å²) in [7, 11) is 0. The molecule has 0 aliphatic carbocycles. The van der Waals surface area contributed by atoms with Crippen LogP contribution < -0.4 is 16.0 Å². The molecule has 2 aromatic carbocycles. The summed E-state index contributed by atoms with van der Waals surface area (Å²) in [5, 5.41) is 18.2. The van der Waals surface area contributed by atoms with E-state index in [1.807, 2.05) is 36.6 Å². The molecule has 0 aliphatic rings. The van der Waals surface area contributed by atoms with Gasteiger partial charge in [-0.15, -0.1) is 11.8 Å². The van der Waals surface area contributed by atoms with E-state index in [1.54, 1.807) is 42.6 Å². The number of rotatable bonds is 12. The maximum absolute atomic E-state index is 12.7. The van der Waals surface area contributed by atoms with Crippen LogP contribution in [0.25, 0.3) is 0 Å². The lowest BCUT2D eigenvalue weighted by Crippen LogP contribution is -2.42. The van der Waals surface area contributed by atoms with Crippen LogP contribution in [0.3, 0.4) is 0 Å². The molecule has 2 amide bonds. The highest BCUT2D eigenvalue weighted by atomic mass is 32.2. The fourth-order valence-corrected chi connectivity index (χ4v) is 3.98. The average molecular weight is 493 g/mol. The van der Waals surface area contributed by atoms with Crippen LogP contribution >= 0.6 is 11.8 Å². The normalized spacial score (nSPS) is 11.3. The van der Waals surface area contributed by atoms with Gasteiger partial charge in [0.05, 0.1) is 5.56 Å². The molecule has 3 aromatic rings. The maximum Gasteiger partial charge on any atom is 0.326 e. The summed E-state index contributed by atoms with van der Waals surface area (Å²) in [4.78, 5) is 41.6. The Kier molecular flexibility index (Phi) is 9.68. The molecule has 0 saturated carbocycles. The van der Waals surface area contributed by atoms with Gasteiger partial charge >= 0.3 is 5.97 Å². The van der Waals surface area contributed by atoms with Crippen LogP contribution in [0.1, 0.15) is 28.8 Å². The number of aliphatic carboxylic acids is 1. The first kappa shape index (κ1) is 25.8. The molecule has 35 heavy (non-hydrogen) atoms. The first-order chi connectivity index (χ1) is 17.0. The smallest absolute Gasteiger partial charge is 0.326 e. The summed E-state index contributed by atoms with van der Waals surface area (Å²) in [6.07, 6.45) is 4.69. The van der Waals surface area contributed by atoms with Gasteiger partial charge in [0, 0.05) is 36.2 Å². The summed E-state index contributed by atoms with van der Waals surface area (Å²) in [6.45, 7) is 0.632. The molecule has 0 radical (unpaired) electrons. The van der Waals surface area contributed by atoms with Crippen LogP contribution in [-0.4, -0.2) is 46.7 Å². The lowest BCUT2D eigenvalue weighted by atomic mass is 10.0. The van der Waals surface area contributed by atoms with Crippen LogP contribution in [0.2, 0.25) is 0 Å². The molecule has 4 N–H and O–H groups in total. The van der Waals surface area contributed by atoms with E-state index in [0.717, 1.165) is 16.3 Å². The molecule has 1 atom stereocenters. The van der Waals surface area contributed by atoms with Crippen molar-refractivity contribution < 1.29 is 19.5 Å². The van der Waals surface area contributed by atoms with Crippen molar-refractivity contribution in [2.75, 3.05) is 23.4 Å². The predicted molar refractivity (Wildman–Crippen MR) is 138 cm³/mol. The number of nitrogens with one attached hydrogen (secondary N) is 3. The molecule has 8 nitrogen and oxygen atoms in total. The van der Waals surface area contributed by atoms with E-state index in [-0.39, 0.29) is 12.3 Å². The highest BCUT2D eigenvalue weighted by Crippen LogP contribution is 2.20. The Morgan fingerprint density at radius 3 is 2.43 bits per heavy atom. The van der Waals surface area contributed by atoms with E-state index in [0.29, 0.717) is 30.6 Å². The summed E-state index contributed by atoms with van der Waals surface area (Å²) < 4.78 is 0. The second-order valence-corrected chi connectivity index (χ2v) is 8.61. The zero-order chi connectivity index (χ0) is 25.0. The molecule has 0 spiro atoms. The average Bonchev–Trinajstić information content (AvgIpc) is 2.87. The zero-order valence-electron chi connectivity index (χ0n) is 19.4. The molecule has 9 heteroatoms. The van der Waals surface area contributed by atoms with Crippen molar-refractivity contribution in [3.05, 3.63) is 84.1 Å². The standard InChI is InChI=1S/C26H28N4O4S/c1-35-22-8-3-2-7-20(22)25(32)30-21(26(33)34)17-18-11-13-19(14-12-18)29-24(31)10-6-16-28-23-9-4-5-15-27-23/h2-5,7-9,11-15,21H,6,10,16-17H2,1H3,(H,27,28)(H,29,31)(H,30,32)(H,33,34)/t21-/m0/s1. The number of carboxylic acids is 1. The van der Waals surface area contributed by atoms with E-state index in [2.05, 4.69) is 20.9 Å². The molecule has 0 aliphatic heterocycles. The van der Waals surface area contributed by atoms with Crippen LogP contribution in [0, 0.1) is 0 Å². The van der Waals surface area contributed by atoms with Crippen molar-refractivity contribution in [1.29, 1.82) is 0 Å². The monoisotopic (exact) mass is 492 g/mol. The number of anilines is 2. The Balaban J connectivity index is 1.48. The quantitative estimate of drug-likeness (QED) is 0.222. The Morgan fingerprint density at radius 2 is 1.74 bits per heavy atom. The summed E-state index contributed by atoms with van der Waals surface area (Å²) in [5.74, 6) is -0.878. The molecule has 1 heterocycles. The van der Waals surface area contributed by atoms with Gasteiger partial charge in [0.25, 0.3) is 5.91 Å². The molecule has 0 saturated heterocycles. The second kappa shape index (κ2) is 13.1. The number of nitrogens with zero attached hydrogens (tertiary/aromatic N) is 1. The van der Waals surface area contributed by atoms with Crippen molar-refractivity contribution in [2.45, 2.75) is 30.2 Å². The molecule has 3 rings (SSSR count). The van der Waals surface area contributed by atoms with Gasteiger partial charge in [0.1, 0.15) is 11.9 Å². The minimum absolute atomic E-state index is 0.108. The zero-order valence-corrected chi connectivity index (χ0v) is 20.2. The van der Waals surface area contributed by atoms with Gasteiger partial charge in [0.15, 0.2) is 0 Å². The number of hydrogen-bond donors (Lipinski definition) is 4. The molecule has 1 aromatic heterocycles. The third kappa shape index (κ3) is 8.15. The van der Waals surface area contributed by atoms with E-state index in [1.165, 1.54) is 11.8 Å². The third-order valence-electron chi connectivity index (χ3n) is 5.18. The minimum Gasteiger partial charge on any atom is -0.480 e. The topological polar surface area (TPSA) is 120 Å². The summed E-state index contributed by atoms with van der Waals surface area (Å²) in [5.41, 5.74) is 1.80. The Morgan fingerprint density at radius 1 is 1.00 bits per heavy atom. The second-order valence-electron chi connectivity index (χ2n) is 7.76. The third-order valence-corrected chi connectivity index (χ3v) is 5.98. The number of amides is 2. The SMILES string of the molecule is CSc1ccccc1C(=O)N[C@@H](Cc1ccc(NC(=O)CCCNc2ccccn2)cc1)C(=O)O. The number of carboxylic acid groups (broad SMARTS) is 1. The molecule has 0 bridgehead atoms. The molecular weight excluding hydrogens is 464 g/mol. The maximum atomic E-state index is 12.7. The molecular formula is C26H28N4O4S.